The van der Waals surface area contributed by atoms with Crippen LogP contribution in [0.1, 0.15) is 23.0 Å². The lowest BCUT2D eigenvalue weighted by molar-refractivity contribution is -0.384. The van der Waals surface area contributed by atoms with Gasteiger partial charge in [-0.1, -0.05) is 30.3 Å². The summed E-state index contributed by atoms with van der Waals surface area (Å²) in [4.78, 5) is 31.7. The second-order valence-electron chi connectivity index (χ2n) is 10.2. The first-order valence-electron chi connectivity index (χ1n) is 13.7. The molecule has 0 unspecified atom stereocenters. The predicted octanol–water partition coefficient (Wildman–Crippen LogP) is 3.59. The van der Waals surface area contributed by atoms with E-state index in [1.165, 1.54) is 17.7 Å². The van der Waals surface area contributed by atoms with Crippen LogP contribution in [-0.4, -0.2) is 68.3 Å². The number of piperazine rings is 1. The number of aromatic amines is 1. The molecule has 0 radical (unpaired) electrons. The van der Waals surface area contributed by atoms with Crippen molar-refractivity contribution in [3.05, 3.63) is 116 Å². The fourth-order valence-electron chi connectivity index (χ4n) is 5.50. The summed E-state index contributed by atoms with van der Waals surface area (Å²) in [5, 5.41) is 24.7. The van der Waals surface area contributed by atoms with Crippen molar-refractivity contribution < 1.29 is 9.66 Å². The van der Waals surface area contributed by atoms with E-state index in [0.29, 0.717) is 55.4 Å². The van der Waals surface area contributed by atoms with E-state index in [0.717, 1.165) is 17.5 Å². The average molecular weight is 567 g/mol. The molecule has 3 heterocycles. The van der Waals surface area contributed by atoms with E-state index in [1.807, 2.05) is 42.5 Å². The molecule has 0 saturated carbocycles. The van der Waals surface area contributed by atoms with E-state index in [-0.39, 0.29) is 11.2 Å². The molecule has 1 saturated heterocycles. The topological polar surface area (TPSA) is 135 Å². The number of pyridine rings is 1. The van der Waals surface area contributed by atoms with Gasteiger partial charge in [0.1, 0.15) is 11.8 Å². The molecule has 1 atom stereocenters. The lowest BCUT2D eigenvalue weighted by atomic mass is 10.0. The van der Waals surface area contributed by atoms with Gasteiger partial charge in [0.2, 0.25) is 0 Å². The minimum Gasteiger partial charge on any atom is -0.497 e. The summed E-state index contributed by atoms with van der Waals surface area (Å²) >= 11 is 0. The van der Waals surface area contributed by atoms with E-state index in [9.17, 15) is 14.9 Å². The van der Waals surface area contributed by atoms with Gasteiger partial charge < -0.3 is 14.6 Å². The molecule has 0 amide bonds. The summed E-state index contributed by atoms with van der Waals surface area (Å²) in [5.74, 6) is 1.27. The largest absolute Gasteiger partial charge is 0.497 e. The van der Waals surface area contributed by atoms with Gasteiger partial charge in [0.05, 0.1) is 17.5 Å². The van der Waals surface area contributed by atoms with Crippen LogP contribution < -0.4 is 15.2 Å². The molecule has 0 bridgehead atoms. The summed E-state index contributed by atoms with van der Waals surface area (Å²) in [5.41, 5.74) is 3.19. The number of hydrogen-bond donors (Lipinski definition) is 1. The molecule has 6 rings (SSSR count). The van der Waals surface area contributed by atoms with Crippen molar-refractivity contribution in [2.45, 2.75) is 19.0 Å². The Morgan fingerprint density at radius 3 is 2.48 bits per heavy atom. The normalized spacial score (nSPS) is 14.6. The number of nitro benzene ring substituents is 1. The van der Waals surface area contributed by atoms with Crippen molar-refractivity contribution in [2.24, 2.45) is 0 Å². The SMILES string of the molecule is COc1ccc2cc([C@@H](c3nnnn3CCc3ccccc3)N3CCN(c4ccc([N+](=O)[O-])cc4)CC3)c(=O)[nH]c2c1. The van der Waals surface area contributed by atoms with Crippen LogP contribution in [0.4, 0.5) is 11.4 Å². The van der Waals surface area contributed by atoms with Crippen LogP contribution in [0.15, 0.2) is 83.7 Å². The quantitative estimate of drug-likeness (QED) is 0.210. The van der Waals surface area contributed by atoms with E-state index in [4.69, 9.17) is 4.74 Å². The third kappa shape index (κ3) is 5.56. The first-order valence-corrected chi connectivity index (χ1v) is 13.7. The zero-order chi connectivity index (χ0) is 29.1. The van der Waals surface area contributed by atoms with Crippen molar-refractivity contribution in [1.82, 2.24) is 30.1 Å². The first kappa shape index (κ1) is 27.1. The number of H-pyrrole nitrogens is 1. The number of methoxy groups -OCH3 is 1. The average Bonchev–Trinajstić information content (AvgIpc) is 3.49. The Kier molecular flexibility index (Phi) is 7.60. The molecule has 0 aliphatic carbocycles. The first-order chi connectivity index (χ1) is 20.5. The van der Waals surface area contributed by atoms with Crippen LogP contribution in [0.3, 0.4) is 0 Å². The monoisotopic (exact) mass is 566 g/mol. The van der Waals surface area contributed by atoms with Crippen molar-refractivity contribution >= 4 is 22.3 Å². The van der Waals surface area contributed by atoms with Crippen molar-refractivity contribution in [2.75, 3.05) is 38.2 Å². The van der Waals surface area contributed by atoms with Crippen LogP contribution in [-0.2, 0) is 13.0 Å². The number of nitrogens with zero attached hydrogens (tertiary/aromatic N) is 7. The lowest BCUT2D eigenvalue weighted by Gasteiger charge is -2.39. The molecule has 42 heavy (non-hydrogen) atoms. The van der Waals surface area contributed by atoms with Crippen molar-refractivity contribution in [1.29, 1.82) is 0 Å². The zero-order valence-electron chi connectivity index (χ0n) is 23.1. The lowest BCUT2D eigenvalue weighted by Crippen LogP contribution is -2.49. The molecule has 0 spiro atoms. The number of rotatable bonds is 9. The second kappa shape index (κ2) is 11.8. The number of ether oxygens (including phenoxy) is 1. The third-order valence-electron chi connectivity index (χ3n) is 7.74. The van der Waals surface area contributed by atoms with Crippen LogP contribution in [0.25, 0.3) is 10.9 Å². The molecule has 12 heteroatoms. The highest BCUT2D eigenvalue weighted by molar-refractivity contribution is 5.80. The molecule has 214 valence electrons. The van der Waals surface area contributed by atoms with Gasteiger partial charge >= 0.3 is 0 Å². The molecule has 5 aromatic rings. The highest BCUT2D eigenvalue weighted by atomic mass is 16.6. The van der Waals surface area contributed by atoms with E-state index >= 15 is 0 Å². The maximum absolute atomic E-state index is 13.6. The Labute approximate surface area is 241 Å². The van der Waals surface area contributed by atoms with Crippen LogP contribution in [0, 0.1) is 10.1 Å². The number of aryl methyl sites for hydroxylation is 2. The zero-order valence-corrected chi connectivity index (χ0v) is 23.1. The number of non-ortho nitro benzene ring substituents is 1. The van der Waals surface area contributed by atoms with Crippen LogP contribution >= 0.6 is 0 Å². The highest BCUT2D eigenvalue weighted by Crippen LogP contribution is 2.30. The molecular formula is C30H30N8O4. The molecule has 1 aliphatic rings. The van der Waals surface area contributed by atoms with Crippen LogP contribution in [0.2, 0.25) is 0 Å². The van der Waals surface area contributed by atoms with Gasteiger partial charge in [-0.25, -0.2) is 4.68 Å². The molecular weight excluding hydrogens is 536 g/mol. The number of fused-ring (bicyclic) bond motifs is 1. The Hall–Kier alpha value is -5.10. The van der Waals surface area contributed by atoms with Gasteiger partial charge in [0, 0.05) is 62.2 Å². The van der Waals surface area contributed by atoms with Gasteiger partial charge in [-0.3, -0.25) is 19.8 Å². The highest BCUT2D eigenvalue weighted by Gasteiger charge is 2.33. The van der Waals surface area contributed by atoms with Crippen molar-refractivity contribution in [3.63, 3.8) is 0 Å². The Morgan fingerprint density at radius 1 is 1.00 bits per heavy atom. The summed E-state index contributed by atoms with van der Waals surface area (Å²) in [7, 11) is 1.59. The van der Waals surface area contributed by atoms with Gasteiger partial charge in [0.15, 0.2) is 5.82 Å². The standard InChI is InChI=1S/C30H30N8O4/c1-42-25-12-7-22-19-26(30(39)31-27(22)20-25)28(29-32-33-34-37(29)14-13-21-5-3-2-4-6-21)36-17-15-35(16-18-36)23-8-10-24(11-9-23)38(40)41/h2-12,19-20,28H,13-18H2,1H3,(H,31,39)/t28-/m0/s1. The van der Waals surface area contributed by atoms with Crippen molar-refractivity contribution in [3.8, 4) is 5.75 Å². The van der Waals surface area contributed by atoms with E-state index in [2.05, 4.69) is 42.4 Å². The predicted molar refractivity (Wildman–Crippen MR) is 158 cm³/mol. The summed E-state index contributed by atoms with van der Waals surface area (Å²) < 4.78 is 7.13. The molecule has 1 aliphatic heterocycles. The maximum Gasteiger partial charge on any atom is 0.269 e. The fraction of sp³-hybridized carbons (Fsp3) is 0.267. The molecule has 1 fully saturated rings. The second-order valence-corrected chi connectivity index (χ2v) is 10.2. The van der Waals surface area contributed by atoms with Gasteiger partial charge in [-0.05, 0) is 58.1 Å². The smallest absolute Gasteiger partial charge is 0.269 e. The minimum absolute atomic E-state index is 0.0629. The summed E-state index contributed by atoms with van der Waals surface area (Å²) in [6.45, 7) is 3.17. The number of tetrazole rings is 1. The van der Waals surface area contributed by atoms with Crippen LogP contribution in [0.5, 0.6) is 5.75 Å². The molecule has 3 aromatic carbocycles. The van der Waals surface area contributed by atoms with Gasteiger partial charge in [-0.2, -0.15) is 0 Å². The summed E-state index contributed by atoms with van der Waals surface area (Å²) in [6, 6.07) is 23.8. The fourth-order valence-corrected chi connectivity index (χ4v) is 5.50. The maximum atomic E-state index is 13.6. The number of anilines is 1. The van der Waals surface area contributed by atoms with E-state index < -0.39 is 11.0 Å². The number of nitro groups is 1. The number of benzene rings is 3. The Morgan fingerprint density at radius 2 is 1.76 bits per heavy atom. The Bertz CT molecular complexity index is 1750. The number of nitrogens with one attached hydrogen (secondary N) is 1. The minimum atomic E-state index is -0.481. The molecule has 12 nitrogen and oxygen atoms in total. The molecule has 1 N–H and O–H groups in total. The Balaban J connectivity index is 1.32. The molecule has 2 aromatic heterocycles. The number of aromatic nitrogens is 5. The van der Waals surface area contributed by atoms with Gasteiger partial charge in [-0.15, -0.1) is 5.10 Å². The summed E-state index contributed by atoms with van der Waals surface area (Å²) in [6.07, 6.45) is 0.743. The van der Waals surface area contributed by atoms with Gasteiger partial charge in [0.25, 0.3) is 11.2 Å². The number of hydrogen-bond acceptors (Lipinski definition) is 9. The van der Waals surface area contributed by atoms with E-state index in [1.54, 1.807) is 23.9 Å². The third-order valence-corrected chi connectivity index (χ3v) is 7.74.